The third-order valence-corrected chi connectivity index (χ3v) is 3.25. The van der Waals surface area contributed by atoms with Crippen molar-refractivity contribution in [3.63, 3.8) is 0 Å². The molecule has 0 bridgehead atoms. The molecule has 17 heavy (non-hydrogen) atoms. The van der Waals surface area contributed by atoms with Crippen LogP contribution in [0.2, 0.25) is 0 Å². The van der Waals surface area contributed by atoms with Crippen LogP contribution in [-0.4, -0.2) is 23.0 Å². The number of nitrogens with one attached hydrogen (secondary N) is 1. The quantitative estimate of drug-likeness (QED) is 0.721. The minimum atomic E-state index is -0.880. The highest BCUT2D eigenvalue weighted by molar-refractivity contribution is 5.80. The summed E-state index contributed by atoms with van der Waals surface area (Å²) in [6, 6.07) is -0.335. The zero-order chi connectivity index (χ0) is 13.6. The Kier molecular flexibility index (Phi) is 6.85. The van der Waals surface area contributed by atoms with E-state index in [-0.39, 0.29) is 23.8 Å². The predicted octanol–water partition coefficient (Wildman–Crippen LogP) is 2.28. The lowest BCUT2D eigenvalue weighted by atomic mass is 9.90. The van der Waals surface area contributed by atoms with Gasteiger partial charge >= 0.3 is 5.97 Å². The Morgan fingerprint density at radius 2 is 1.71 bits per heavy atom. The van der Waals surface area contributed by atoms with E-state index in [1.807, 2.05) is 20.8 Å². The second-order valence-corrected chi connectivity index (χ2v) is 5.06. The maximum absolute atomic E-state index is 12.0. The molecular weight excluding hydrogens is 218 g/mol. The van der Waals surface area contributed by atoms with Crippen molar-refractivity contribution < 1.29 is 14.7 Å². The van der Waals surface area contributed by atoms with Crippen molar-refractivity contribution in [2.75, 3.05) is 0 Å². The van der Waals surface area contributed by atoms with E-state index in [4.69, 9.17) is 5.11 Å². The molecule has 0 spiro atoms. The summed E-state index contributed by atoms with van der Waals surface area (Å²) in [5.74, 6) is -1.21. The molecule has 2 N–H and O–H groups in total. The molecule has 0 saturated heterocycles. The molecule has 0 aliphatic heterocycles. The number of aliphatic carboxylic acids is 1. The van der Waals surface area contributed by atoms with Gasteiger partial charge in [0.05, 0.1) is 5.92 Å². The fourth-order valence-corrected chi connectivity index (χ4v) is 1.75. The summed E-state index contributed by atoms with van der Waals surface area (Å²) in [6.45, 7) is 9.43. The lowest BCUT2D eigenvalue weighted by molar-refractivity contribution is -0.142. The first-order valence-electron chi connectivity index (χ1n) is 6.34. The number of carbonyl (C=O) groups excluding carboxylic acids is 1. The molecular formula is C13H25NO3. The Hall–Kier alpha value is -1.06. The topological polar surface area (TPSA) is 66.4 Å². The molecule has 0 radical (unpaired) electrons. The lowest BCUT2D eigenvalue weighted by Gasteiger charge is -2.24. The standard InChI is InChI=1S/C13H25NO3/c1-6-7-11(8(2)3)12(15)14-10(5)9(4)13(16)17/h8-11H,6-7H2,1-5H3,(H,14,15)(H,16,17). The minimum absolute atomic E-state index is 0.0246. The van der Waals surface area contributed by atoms with Gasteiger partial charge in [0.25, 0.3) is 0 Å². The van der Waals surface area contributed by atoms with Gasteiger partial charge in [-0.2, -0.15) is 0 Å². The van der Waals surface area contributed by atoms with Gasteiger partial charge in [-0.25, -0.2) is 0 Å². The largest absolute Gasteiger partial charge is 0.481 e. The van der Waals surface area contributed by atoms with Crippen LogP contribution in [0.15, 0.2) is 0 Å². The smallest absolute Gasteiger partial charge is 0.308 e. The summed E-state index contributed by atoms with van der Waals surface area (Å²) >= 11 is 0. The minimum Gasteiger partial charge on any atom is -0.481 e. The van der Waals surface area contributed by atoms with Crippen LogP contribution in [0.1, 0.15) is 47.5 Å². The van der Waals surface area contributed by atoms with E-state index in [9.17, 15) is 9.59 Å². The highest BCUT2D eigenvalue weighted by atomic mass is 16.4. The Labute approximate surface area is 104 Å². The van der Waals surface area contributed by atoms with Gasteiger partial charge in [-0.15, -0.1) is 0 Å². The van der Waals surface area contributed by atoms with E-state index in [1.54, 1.807) is 13.8 Å². The van der Waals surface area contributed by atoms with Crippen LogP contribution in [0.25, 0.3) is 0 Å². The van der Waals surface area contributed by atoms with Crippen LogP contribution in [-0.2, 0) is 9.59 Å². The van der Waals surface area contributed by atoms with Crippen LogP contribution < -0.4 is 5.32 Å². The molecule has 0 rings (SSSR count). The van der Waals surface area contributed by atoms with E-state index in [0.29, 0.717) is 0 Å². The summed E-state index contributed by atoms with van der Waals surface area (Å²) in [7, 11) is 0. The molecule has 3 atom stereocenters. The third kappa shape index (κ3) is 5.20. The number of hydrogen-bond acceptors (Lipinski definition) is 2. The number of hydrogen-bond donors (Lipinski definition) is 2. The maximum Gasteiger partial charge on any atom is 0.308 e. The monoisotopic (exact) mass is 243 g/mol. The SMILES string of the molecule is CCCC(C(=O)NC(C)C(C)C(=O)O)C(C)C. The van der Waals surface area contributed by atoms with E-state index in [0.717, 1.165) is 12.8 Å². The third-order valence-electron chi connectivity index (χ3n) is 3.25. The van der Waals surface area contributed by atoms with Crippen LogP contribution in [0.5, 0.6) is 0 Å². The Bertz CT molecular complexity index is 263. The van der Waals surface area contributed by atoms with Gasteiger partial charge in [0.1, 0.15) is 0 Å². The van der Waals surface area contributed by atoms with E-state index in [2.05, 4.69) is 5.32 Å². The number of carboxylic acids is 1. The van der Waals surface area contributed by atoms with E-state index < -0.39 is 11.9 Å². The second kappa shape index (κ2) is 7.30. The van der Waals surface area contributed by atoms with Crippen LogP contribution >= 0.6 is 0 Å². The van der Waals surface area contributed by atoms with Gasteiger partial charge in [-0.05, 0) is 26.2 Å². The maximum atomic E-state index is 12.0. The average Bonchev–Trinajstić information content (AvgIpc) is 2.23. The first kappa shape index (κ1) is 15.9. The predicted molar refractivity (Wildman–Crippen MR) is 67.6 cm³/mol. The van der Waals surface area contributed by atoms with Crippen molar-refractivity contribution in [1.29, 1.82) is 0 Å². The van der Waals surface area contributed by atoms with Crippen LogP contribution in [0.4, 0.5) is 0 Å². The number of carbonyl (C=O) groups is 2. The average molecular weight is 243 g/mol. The normalized spacial score (nSPS) is 16.4. The Morgan fingerprint density at radius 1 is 1.18 bits per heavy atom. The molecule has 0 heterocycles. The highest BCUT2D eigenvalue weighted by Gasteiger charge is 2.26. The molecule has 4 heteroatoms. The molecule has 100 valence electrons. The number of amides is 1. The summed E-state index contributed by atoms with van der Waals surface area (Å²) < 4.78 is 0. The number of rotatable bonds is 7. The van der Waals surface area contributed by atoms with Gasteiger partial charge in [-0.3, -0.25) is 9.59 Å². The van der Waals surface area contributed by atoms with Crippen molar-refractivity contribution in [2.45, 2.75) is 53.5 Å². The molecule has 0 aliphatic rings. The van der Waals surface area contributed by atoms with E-state index >= 15 is 0 Å². The molecule has 4 nitrogen and oxygen atoms in total. The molecule has 0 aliphatic carbocycles. The molecule has 0 fully saturated rings. The first-order chi connectivity index (χ1) is 7.81. The van der Waals surface area contributed by atoms with Crippen LogP contribution in [0.3, 0.4) is 0 Å². The zero-order valence-electron chi connectivity index (χ0n) is 11.5. The van der Waals surface area contributed by atoms with Crippen molar-refractivity contribution in [3.05, 3.63) is 0 Å². The zero-order valence-corrected chi connectivity index (χ0v) is 11.5. The van der Waals surface area contributed by atoms with Crippen molar-refractivity contribution >= 4 is 11.9 Å². The Morgan fingerprint density at radius 3 is 2.06 bits per heavy atom. The van der Waals surface area contributed by atoms with Crippen molar-refractivity contribution in [3.8, 4) is 0 Å². The molecule has 0 aromatic rings. The molecule has 3 unspecified atom stereocenters. The molecule has 0 aromatic heterocycles. The number of carboxylic acid groups (broad SMARTS) is 1. The van der Waals surface area contributed by atoms with Crippen LogP contribution in [0, 0.1) is 17.8 Å². The van der Waals surface area contributed by atoms with Gasteiger partial charge < -0.3 is 10.4 Å². The highest BCUT2D eigenvalue weighted by Crippen LogP contribution is 2.18. The fraction of sp³-hybridized carbons (Fsp3) is 0.846. The fourth-order valence-electron chi connectivity index (χ4n) is 1.75. The van der Waals surface area contributed by atoms with Gasteiger partial charge in [0.15, 0.2) is 0 Å². The summed E-state index contributed by atoms with van der Waals surface area (Å²) in [4.78, 5) is 22.8. The summed E-state index contributed by atoms with van der Waals surface area (Å²) in [5.41, 5.74) is 0. The Balaban J connectivity index is 4.44. The molecule has 0 saturated carbocycles. The van der Waals surface area contributed by atoms with Crippen molar-refractivity contribution in [2.24, 2.45) is 17.8 Å². The van der Waals surface area contributed by atoms with Crippen molar-refractivity contribution in [1.82, 2.24) is 5.32 Å². The van der Waals surface area contributed by atoms with Gasteiger partial charge in [0.2, 0.25) is 5.91 Å². The van der Waals surface area contributed by atoms with Gasteiger partial charge in [0, 0.05) is 12.0 Å². The van der Waals surface area contributed by atoms with Gasteiger partial charge in [-0.1, -0.05) is 27.2 Å². The molecule has 0 aromatic carbocycles. The summed E-state index contributed by atoms with van der Waals surface area (Å²) in [6.07, 6.45) is 1.80. The second-order valence-electron chi connectivity index (χ2n) is 5.06. The van der Waals surface area contributed by atoms with E-state index in [1.165, 1.54) is 0 Å². The molecule has 1 amide bonds. The first-order valence-corrected chi connectivity index (χ1v) is 6.34. The summed E-state index contributed by atoms with van der Waals surface area (Å²) in [5, 5.41) is 11.7. The lowest BCUT2D eigenvalue weighted by Crippen LogP contribution is -2.44.